The van der Waals surface area contributed by atoms with E-state index >= 15 is 0 Å². The molecule has 6 nitrogen and oxygen atoms in total. The maximum Gasteiger partial charge on any atom is 0.325 e. The number of nitrogens with one attached hydrogen (secondary N) is 1. The second-order valence-corrected chi connectivity index (χ2v) is 3.96. The number of hydrogen-bond acceptors (Lipinski definition) is 4. The van der Waals surface area contributed by atoms with Crippen molar-refractivity contribution >= 4 is 12.0 Å². The summed E-state index contributed by atoms with van der Waals surface area (Å²) in [5.74, 6) is -0.436. The number of aromatic nitrogens is 1. The summed E-state index contributed by atoms with van der Waals surface area (Å²) in [5, 5.41) is 2.50. The Hall–Kier alpha value is -2.11. The van der Waals surface area contributed by atoms with Gasteiger partial charge in [-0.2, -0.15) is 0 Å². The fraction of sp³-hybridized carbons (Fsp3) is 0.462. The highest BCUT2D eigenvalue weighted by Gasteiger charge is 2.10. The molecular weight excluding hydrogens is 246 g/mol. The van der Waals surface area contributed by atoms with Crippen LogP contribution in [0.1, 0.15) is 12.6 Å². The van der Waals surface area contributed by atoms with Gasteiger partial charge in [0.1, 0.15) is 6.54 Å². The third-order valence-corrected chi connectivity index (χ3v) is 2.47. The topological polar surface area (TPSA) is 71.5 Å². The van der Waals surface area contributed by atoms with Crippen molar-refractivity contribution in [2.75, 3.05) is 26.7 Å². The summed E-state index contributed by atoms with van der Waals surface area (Å²) in [6, 6.07) is 5.36. The monoisotopic (exact) mass is 265 g/mol. The van der Waals surface area contributed by atoms with Crippen LogP contribution >= 0.6 is 0 Å². The van der Waals surface area contributed by atoms with Gasteiger partial charge in [-0.1, -0.05) is 6.07 Å². The van der Waals surface area contributed by atoms with Crippen LogP contribution in [0.15, 0.2) is 24.4 Å². The van der Waals surface area contributed by atoms with Crippen LogP contribution in [0, 0.1) is 0 Å². The van der Waals surface area contributed by atoms with Crippen LogP contribution in [0.5, 0.6) is 0 Å². The lowest BCUT2D eigenvalue weighted by molar-refractivity contribution is -0.141. The summed E-state index contributed by atoms with van der Waals surface area (Å²) >= 11 is 0. The first-order valence-corrected chi connectivity index (χ1v) is 6.18. The number of urea groups is 1. The lowest BCUT2D eigenvalue weighted by atomic mass is 10.2. The highest BCUT2D eigenvalue weighted by molar-refractivity contribution is 5.80. The number of pyridine rings is 1. The van der Waals surface area contributed by atoms with Crippen molar-refractivity contribution in [1.29, 1.82) is 0 Å². The summed E-state index contributed by atoms with van der Waals surface area (Å²) < 4.78 is 4.72. The second kappa shape index (κ2) is 8.07. The molecule has 19 heavy (non-hydrogen) atoms. The zero-order chi connectivity index (χ0) is 14.1. The van der Waals surface area contributed by atoms with E-state index in [-0.39, 0.29) is 12.6 Å². The summed E-state index contributed by atoms with van der Waals surface area (Å²) in [6.45, 7) is 2.45. The predicted molar refractivity (Wildman–Crippen MR) is 70.6 cm³/mol. The quantitative estimate of drug-likeness (QED) is 0.773. The normalized spacial score (nSPS) is 9.79. The Labute approximate surface area is 112 Å². The maximum absolute atomic E-state index is 11.7. The molecule has 0 aromatic carbocycles. The van der Waals surface area contributed by atoms with Gasteiger partial charge in [-0.05, 0) is 19.1 Å². The van der Waals surface area contributed by atoms with Crippen LogP contribution in [0.25, 0.3) is 0 Å². The minimum atomic E-state index is -0.436. The van der Waals surface area contributed by atoms with Gasteiger partial charge >= 0.3 is 12.0 Å². The summed E-state index contributed by atoms with van der Waals surface area (Å²) in [4.78, 5) is 28.4. The largest absolute Gasteiger partial charge is 0.465 e. The molecule has 1 N–H and O–H groups in total. The summed E-state index contributed by atoms with van der Waals surface area (Å²) in [5.41, 5.74) is 0.924. The minimum absolute atomic E-state index is 0.111. The van der Waals surface area contributed by atoms with Crippen LogP contribution in [-0.2, 0) is 16.0 Å². The molecule has 0 saturated carbocycles. The van der Waals surface area contributed by atoms with Crippen LogP contribution in [0.4, 0.5) is 4.79 Å². The highest BCUT2D eigenvalue weighted by atomic mass is 16.5. The Balaban J connectivity index is 2.27. The Morgan fingerprint density at radius 1 is 1.42 bits per heavy atom. The number of carbonyl (C=O) groups excluding carboxylic acids is 2. The van der Waals surface area contributed by atoms with E-state index in [0.29, 0.717) is 19.6 Å². The van der Waals surface area contributed by atoms with Gasteiger partial charge in [-0.25, -0.2) is 4.79 Å². The fourth-order valence-electron chi connectivity index (χ4n) is 1.42. The number of amides is 2. The van der Waals surface area contributed by atoms with Crippen molar-refractivity contribution < 1.29 is 14.3 Å². The Morgan fingerprint density at radius 2 is 2.21 bits per heavy atom. The lowest BCUT2D eigenvalue weighted by Crippen LogP contribution is -2.41. The van der Waals surface area contributed by atoms with E-state index in [1.54, 1.807) is 20.2 Å². The van der Waals surface area contributed by atoms with Crippen molar-refractivity contribution in [2.45, 2.75) is 13.3 Å². The van der Waals surface area contributed by atoms with Crippen molar-refractivity contribution in [2.24, 2.45) is 0 Å². The maximum atomic E-state index is 11.7. The average Bonchev–Trinajstić information content (AvgIpc) is 2.43. The fourth-order valence-corrected chi connectivity index (χ4v) is 1.42. The minimum Gasteiger partial charge on any atom is -0.465 e. The first-order valence-electron chi connectivity index (χ1n) is 6.18. The third kappa shape index (κ3) is 5.85. The predicted octanol–water partition coefficient (Wildman–Crippen LogP) is 0.829. The zero-order valence-electron chi connectivity index (χ0n) is 11.3. The first-order chi connectivity index (χ1) is 9.13. The van der Waals surface area contributed by atoms with E-state index in [2.05, 4.69) is 10.3 Å². The molecule has 0 bridgehead atoms. The van der Waals surface area contributed by atoms with Crippen LogP contribution < -0.4 is 5.32 Å². The number of nitrogens with zero attached hydrogens (tertiary/aromatic N) is 2. The lowest BCUT2D eigenvalue weighted by Gasteiger charge is -2.17. The molecule has 0 atom stereocenters. The molecule has 1 aromatic heterocycles. The van der Waals surface area contributed by atoms with Crippen molar-refractivity contribution in [3.05, 3.63) is 30.1 Å². The van der Waals surface area contributed by atoms with E-state index in [0.717, 1.165) is 5.69 Å². The van der Waals surface area contributed by atoms with E-state index in [1.165, 1.54) is 4.90 Å². The molecule has 1 rings (SSSR count). The van der Waals surface area contributed by atoms with Crippen molar-refractivity contribution in [1.82, 2.24) is 15.2 Å². The van der Waals surface area contributed by atoms with Gasteiger partial charge < -0.3 is 15.0 Å². The molecule has 6 heteroatoms. The van der Waals surface area contributed by atoms with E-state index < -0.39 is 5.97 Å². The SMILES string of the molecule is CCOC(=O)CNC(=O)N(C)CCc1ccccn1. The molecule has 0 aliphatic heterocycles. The molecule has 1 aromatic rings. The Kier molecular flexibility index (Phi) is 6.35. The molecule has 1 heterocycles. The molecular formula is C13H19N3O3. The standard InChI is InChI=1S/C13H19N3O3/c1-3-19-12(17)10-15-13(18)16(2)9-7-11-6-4-5-8-14-11/h4-6,8H,3,7,9-10H2,1-2H3,(H,15,18). The van der Waals surface area contributed by atoms with Gasteiger partial charge in [0, 0.05) is 31.9 Å². The Bertz CT molecular complexity index is 409. The van der Waals surface area contributed by atoms with E-state index in [1.807, 2.05) is 18.2 Å². The highest BCUT2D eigenvalue weighted by Crippen LogP contribution is 1.96. The molecule has 0 aliphatic carbocycles. The van der Waals surface area contributed by atoms with Crippen LogP contribution in [-0.4, -0.2) is 48.6 Å². The Morgan fingerprint density at radius 3 is 2.84 bits per heavy atom. The zero-order valence-corrected chi connectivity index (χ0v) is 11.3. The van der Waals surface area contributed by atoms with Gasteiger partial charge in [0.05, 0.1) is 6.61 Å². The molecule has 0 saturated heterocycles. The van der Waals surface area contributed by atoms with Crippen LogP contribution in [0.3, 0.4) is 0 Å². The van der Waals surface area contributed by atoms with Gasteiger partial charge in [0.25, 0.3) is 0 Å². The number of carbonyl (C=O) groups is 2. The number of ether oxygens (including phenoxy) is 1. The van der Waals surface area contributed by atoms with Gasteiger partial charge in [0.15, 0.2) is 0 Å². The summed E-state index contributed by atoms with van der Waals surface area (Å²) in [7, 11) is 1.67. The average molecular weight is 265 g/mol. The van der Waals surface area contributed by atoms with Gasteiger partial charge in [-0.3, -0.25) is 9.78 Å². The van der Waals surface area contributed by atoms with Crippen LogP contribution in [0.2, 0.25) is 0 Å². The van der Waals surface area contributed by atoms with Crippen molar-refractivity contribution in [3.63, 3.8) is 0 Å². The van der Waals surface area contributed by atoms with Gasteiger partial charge in [-0.15, -0.1) is 0 Å². The molecule has 0 spiro atoms. The van der Waals surface area contributed by atoms with Crippen molar-refractivity contribution in [3.8, 4) is 0 Å². The smallest absolute Gasteiger partial charge is 0.325 e. The molecule has 0 radical (unpaired) electrons. The first kappa shape index (κ1) is 14.9. The molecule has 104 valence electrons. The molecule has 0 aliphatic rings. The molecule has 0 fully saturated rings. The second-order valence-electron chi connectivity index (χ2n) is 3.96. The number of likely N-dealkylation sites (N-methyl/N-ethyl adjacent to an activating group) is 1. The number of esters is 1. The van der Waals surface area contributed by atoms with E-state index in [4.69, 9.17) is 4.74 Å². The summed E-state index contributed by atoms with van der Waals surface area (Å²) in [6.07, 6.45) is 2.39. The van der Waals surface area contributed by atoms with Gasteiger partial charge in [0.2, 0.25) is 0 Å². The van der Waals surface area contributed by atoms with E-state index in [9.17, 15) is 9.59 Å². The molecule has 0 unspecified atom stereocenters. The molecule has 2 amide bonds. The number of rotatable bonds is 6. The third-order valence-electron chi connectivity index (χ3n) is 2.47. The number of hydrogen-bond donors (Lipinski definition) is 1.